The van der Waals surface area contributed by atoms with Gasteiger partial charge in [0.2, 0.25) is 5.76 Å². The largest absolute Gasteiger partial charge is 0.351 e. The van der Waals surface area contributed by atoms with E-state index in [9.17, 15) is 4.79 Å². The second-order valence-corrected chi connectivity index (χ2v) is 6.27. The van der Waals surface area contributed by atoms with Crippen molar-refractivity contribution in [3.05, 3.63) is 47.6 Å². The Morgan fingerprint density at radius 2 is 2.12 bits per heavy atom. The van der Waals surface area contributed by atoms with E-state index >= 15 is 0 Å². The zero-order chi connectivity index (χ0) is 17.2. The monoisotopic (exact) mass is 337 g/mol. The van der Waals surface area contributed by atoms with Gasteiger partial charge in [-0.05, 0) is 31.9 Å². The van der Waals surface area contributed by atoms with Crippen LogP contribution in [0.25, 0.3) is 11.4 Å². The van der Waals surface area contributed by atoms with Crippen molar-refractivity contribution in [1.82, 2.24) is 19.9 Å². The molecule has 0 bridgehead atoms. The molecule has 25 heavy (non-hydrogen) atoms. The molecule has 4 rings (SSSR count). The number of hydrogen-bond acceptors (Lipinski definition) is 5. The van der Waals surface area contributed by atoms with Crippen molar-refractivity contribution in [1.29, 1.82) is 0 Å². The molecule has 2 aromatic heterocycles. The molecule has 0 saturated heterocycles. The molecule has 1 amide bonds. The van der Waals surface area contributed by atoms with Crippen LogP contribution < -0.4 is 5.32 Å². The smallest absolute Gasteiger partial charge is 0.294 e. The molecule has 0 radical (unpaired) electrons. The predicted molar refractivity (Wildman–Crippen MR) is 92.2 cm³/mol. The second kappa shape index (κ2) is 6.51. The molecule has 1 aliphatic rings. The quantitative estimate of drug-likeness (QED) is 0.793. The summed E-state index contributed by atoms with van der Waals surface area (Å²) in [6.07, 6.45) is 4.48. The first kappa shape index (κ1) is 15.6. The molecule has 0 saturated carbocycles. The summed E-state index contributed by atoms with van der Waals surface area (Å²) < 4.78 is 7.19. The normalized spacial score (nSPS) is 14.0. The highest BCUT2D eigenvalue weighted by Crippen LogP contribution is 2.25. The van der Waals surface area contributed by atoms with Crippen molar-refractivity contribution in [2.75, 3.05) is 5.32 Å². The minimum atomic E-state index is -0.321. The Morgan fingerprint density at radius 1 is 1.20 bits per heavy atom. The third-order valence-corrected chi connectivity index (χ3v) is 4.34. The van der Waals surface area contributed by atoms with Gasteiger partial charge < -0.3 is 14.4 Å². The molecule has 1 N–H and O–H groups in total. The van der Waals surface area contributed by atoms with E-state index in [0.29, 0.717) is 11.4 Å². The summed E-state index contributed by atoms with van der Waals surface area (Å²) in [5.41, 5.74) is 2.29. The van der Waals surface area contributed by atoms with Gasteiger partial charge >= 0.3 is 0 Å². The highest BCUT2D eigenvalue weighted by molar-refractivity contribution is 6.02. The summed E-state index contributed by atoms with van der Waals surface area (Å²) in [6.45, 7) is 2.71. The van der Waals surface area contributed by atoms with Gasteiger partial charge in [0.25, 0.3) is 5.91 Å². The van der Waals surface area contributed by atoms with E-state index < -0.39 is 0 Å². The number of hydrogen-bond donors (Lipinski definition) is 1. The van der Waals surface area contributed by atoms with Gasteiger partial charge in [-0.2, -0.15) is 0 Å². The summed E-state index contributed by atoms with van der Waals surface area (Å²) in [5, 5.41) is 15.3. The van der Waals surface area contributed by atoms with Crippen LogP contribution >= 0.6 is 0 Å². The minimum Gasteiger partial charge on any atom is -0.351 e. The Balaban J connectivity index is 1.60. The van der Waals surface area contributed by atoms with Gasteiger partial charge in [-0.1, -0.05) is 23.7 Å². The Bertz CT molecular complexity index is 912. The first-order valence-electron chi connectivity index (χ1n) is 8.48. The first-order valence-corrected chi connectivity index (χ1v) is 8.48. The fourth-order valence-corrected chi connectivity index (χ4v) is 3.10. The SMILES string of the molecule is Cc1cc(C(=O)Nc2cccc(-c3nnc4n3CCCCC4)c2)on1. The van der Waals surface area contributed by atoms with Gasteiger partial charge in [0.15, 0.2) is 5.82 Å². The summed E-state index contributed by atoms with van der Waals surface area (Å²) in [7, 11) is 0. The molecule has 1 aromatic carbocycles. The van der Waals surface area contributed by atoms with Crippen molar-refractivity contribution in [3.63, 3.8) is 0 Å². The van der Waals surface area contributed by atoms with E-state index in [1.807, 2.05) is 24.3 Å². The standard InChI is InChI=1S/C18H19N5O2/c1-12-10-15(25-22-12)18(24)19-14-7-5-6-13(11-14)17-21-20-16-8-3-2-4-9-23(16)17/h5-7,10-11H,2-4,8-9H2,1H3,(H,19,24). The van der Waals surface area contributed by atoms with Crippen LogP contribution in [-0.2, 0) is 13.0 Å². The molecule has 0 fully saturated rings. The Labute approximate surface area is 145 Å². The van der Waals surface area contributed by atoms with E-state index in [-0.39, 0.29) is 11.7 Å². The van der Waals surface area contributed by atoms with Crippen LogP contribution in [0, 0.1) is 6.92 Å². The number of nitrogens with zero attached hydrogens (tertiary/aromatic N) is 4. The zero-order valence-electron chi connectivity index (χ0n) is 14.0. The zero-order valence-corrected chi connectivity index (χ0v) is 14.0. The van der Waals surface area contributed by atoms with Crippen LogP contribution in [0.5, 0.6) is 0 Å². The third-order valence-electron chi connectivity index (χ3n) is 4.34. The number of carbonyl (C=O) groups is 1. The van der Waals surface area contributed by atoms with Crippen molar-refractivity contribution < 1.29 is 9.32 Å². The number of carbonyl (C=O) groups excluding carboxylic acids is 1. The number of nitrogens with one attached hydrogen (secondary N) is 1. The van der Waals surface area contributed by atoms with Crippen LogP contribution in [0.15, 0.2) is 34.9 Å². The van der Waals surface area contributed by atoms with Gasteiger partial charge in [-0.3, -0.25) is 4.79 Å². The maximum atomic E-state index is 12.2. The van der Waals surface area contributed by atoms with Crippen LogP contribution in [0.1, 0.15) is 41.3 Å². The topological polar surface area (TPSA) is 85.8 Å². The van der Waals surface area contributed by atoms with Crippen molar-refractivity contribution in [2.24, 2.45) is 0 Å². The van der Waals surface area contributed by atoms with Crippen LogP contribution in [-0.4, -0.2) is 25.8 Å². The Morgan fingerprint density at radius 3 is 2.96 bits per heavy atom. The average molecular weight is 337 g/mol. The van der Waals surface area contributed by atoms with Crippen molar-refractivity contribution in [3.8, 4) is 11.4 Å². The summed E-state index contributed by atoms with van der Waals surface area (Å²) >= 11 is 0. The molecule has 0 aliphatic carbocycles. The lowest BCUT2D eigenvalue weighted by Gasteiger charge is -2.09. The van der Waals surface area contributed by atoms with Gasteiger partial charge in [-0.25, -0.2) is 0 Å². The molecule has 0 unspecified atom stereocenters. The van der Waals surface area contributed by atoms with E-state index in [4.69, 9.17) is 4.52 Å². The maximum absolute atomic E-state index is 12.2. The maximum Gasteiger partial charge on any atom is 0.294 e. The molecule has 0 spiro atoms. The molecule has 3 aromatic rings. The minimum absolute atomic E-state index is 0.194. The molecule has 3 heterocycles. The van der Waals surface area contributed by atoms with Gasteiger partial charge in [0.05, 0.1) is 5.69 Å². The highest BCUT2D eigenvalue weighted by atomic mass is 16.5. The first-order chi connectivity index (χ1) is 12.2. The fourth-order valence-electron chi connectivity index (χ4n) is 3.10. The molecule has 1 aliphatic heterocycles. The lowest BCUT2D eigenvalue weighted by Crippen LogP contribution is -2.11. The van der Waals surface area contributed by atoms with Crippen LogP contribution in [0.3, 0.4) is 0 Å². The summed E-state index contributed by atoms with van der Waals surface area (Å²) in [5.74, 6) is 1.76. The average Bonchev–Trinajstić information content (AvgIpc) is 3.15. The van der Waals surface area contributed by atoms with E-state index in [1.54, 1.807) is 13.0 Å². The lowest BCUT2D eigenvalue weighted by atomic mass is 10.2. The molecule has 0 atom stereocenters. The van der Waals surface area contributed by atoms with Crippen LogP contribution in [0.4, 0.5) is 5.69 Å². The Hall–Kier alpha value is -2.96. The highest BCUT2D eigenvalue weighted by Gasteiger charge is 2.17. The van der Waals surface area contributed by atoms with Gasteiger partial charge in [0.1, 0.15) is 5.82 Å². The van der Waals surface area contributed by atoms with Gasteiger partial charge in [0, 0.05) is 30.3 Å². The fraction of sp³-hybridized carbons (Fsp3) is 0.333. The molecule has 128 valence electrons. The molecule has 7 nitrogen and oxygen atoms in total. The lowest BCUT2D eigenvalue weighted by molar-refractivity contribution is 0.0988. The molecule has 7 heteroatoms. The number of aromatic nitrogens is 4. The third kappa shape index (κ3) is 3.17. The molecular formula is C18H19N5O2. The summed E-state index contributed by atoms with van der Waals surface area (Å²) in [6, 6.07) is 9.23. The number of benzene rings is 1. The van der Waals surface area contributed by atoms with E-state index in [1.165, 1.54) is 6.42 Å². The number of amides is 1. The number of rotatable bonds is 3. The predicted octanol–water partition coefficient (Wildman–Crippen LogP) is 3.22. The molecular weight excluding hydrogens is 318 g/mol. The van der Waals surface area contributed by atoms with Gasteiger partial charge in [-0.15, -0.1) is 10.2 Å². The van der Waals surface area contributed by atoms with Crippen molar-refractivity contribution in [2.45, 2.75) is 39.2 Å². The number of anilines is 1. The van der Waals surface area contributed by atoms with E-state index in [2.05, 4.69) is 25.2 Å². The number of aryl methyl sites for hydroxylation is 2. The summed E-state index contributed by atoms with van der Waals surface area (Å²) in [4.78, 5) is 12.2. The van der Waals surface area contributed by atoms with Crippen molar-refractivity contribution >= 4 is 11.6 Å². The second-order valence-electron chi connectivity index (χ2n) is 6.27. The van der Waals surface area contributed by atoms with E-state index in [0.717, 1.165) is 43.0 Å². The Kier molecular flexibility index (Phi) is 4.05. The number of fused-ring (bicyclic) bond motifs is 1. The van der Waals surface area contributed by atoms with Crippen LogP contribution in [0.2, 0.25) is 0 Å².